The van der Waals surface area contributed by atoms with Crippen molar-refractivity contribution in [3.8, 4) is 0 Å². The highest BCUT2D eigenvalue weighted by Gasteiger charge is 2.65. The number of carbonyl (C=O) groups excluding carboxylic acids is 2. The van der Waals surface area contributed by atoms with Gasteiger partial charge in [-0.15, -0.1) is 0 Å². The van der Waals surface area contributed by atoms with Gasteiger partial charge in [-0.2, -0.15) is 0 Å². The molecule has 4 fully saturated rings. The molecule has 0 spiro atoms. The maximum absolute atomic E-state index is 12.4. The third-order valence-electron chi connectivity index (χ3n) is 11.3. The molecule has 0 radical (unpaired) electrons. The molecule has 200 valence electrons. The topological polar surface area (TPSA) is 116 Å². The number of aliphatic hydroxyl groups excluding tert-OH is 3. The summed E-state index contributed by atoms with van der Waals surface area (Å²) >= 11 is 0. The summed E-state index contributed by atoms with van der Waals surface area (Å²) in [5.74, 6) is 1.02. The van der Waals surface area contributed by atoms with Gasteiger partial charge in [0.25, 0.3) is 0 Å². The first-order valence-corrected chi connectivity index (χ1v) is 13.8. The van der Waals surface area contributed by atoms with Crippen molar-refractivity contribution in [2.45, 2.75) is 110 Å². The molecule has 1 amide bonds. The highest BCUT2D eigenvalue weighted by molar-refractivity contribution is 5.84. The fourth-order valence-corrected chi connectivity index (χ4v) is 9.24. The summed E-state index contributed by atoms with van der Waals surface area (Å²) in [7, 11) is 1.31. The van der Waals surface area contributed by atoms with Gasteiger partial charge in [-0.25, -0.2) is 4.79 Å². The lowest BCUT2D eigenvalue weighted by atomic mass is 9.43. The zero-order valence-electron chi connectivity index (χ0n) is 22.2. The lowest BCUT2D eigenvalue weighted by Gasteiger charge is -2.63. The van der Waals surface area contributed by atoms with Crippen molar-refractivity contribution in [2.24, 2.45) is 46.3 Å². The molecule has 0 heterocycles. The normalized spacial score (nSPS) is 46.5. The fourth-order valence-electron chi connectivity index (χ4n) is 9.24. The van der Waals surface area contributed by atoms with E-state index in [2.05, 4.69) is 30.8 Å². The van der Waals surface area contributed by atoms with E-state index in [9.17, 15) is 24.9 Å². The Morgan fingerprint density at radius 2 is 1.74 bits per heavy atom. The summed E-state index contributed by atoms with van der Waals surface area (Å²) in [5, 5.41) is 36.0. The molecule has 0 aromatic rings. The zero-order valence-corrected chi connectivity index (χ0v) is 22.2. The lowest BCUT2D eigenvalue weighted by Crippen LogP contribution is -2.62. The van der Waals surface area contributed by atoms with Crippen LogP contribution in [0, 0.1) is 46.3 Å². The van der Waals surface area contributed by atoms with E-state index < -0.39 is 18.1 Å². The molecule has 4 aliphatic rings. The molecule has 0 saturated heterocycles. The number of ether oxygens (including phenoxy) is 1. The van der Waals surface area contributed by atoms with Crippen LogP contribution in [0.4, 0.5) is 0 Å². The number of methoxy groups -OCH3 is 1. The van der Waals surface area contributed by atoms with E-state index in [1.807, 2.05) is 0 Å². The minimum Gasteiger partial charge on any atom is -0.467 e. The van der Waals surface area contributed by atoms with E-state index in [1.54, 1.807) is 6.92 Å². The maximum atomic E-state index is 12.4. The van der Waals surface area contributed by atoms with Crippen molar-refractivity contribution in [1.82, 2.24) is 5.32 Å². The Morgan fingerprint density at radius 3 is 2.43 bits per heavy atom. The van der Waals surface area contributed by atoms with Crippen LogP contribution in [0.2, 0.25) is 0 Å². The minimum absolute atomic E-state index is 0.0730. The SMILES string of the molecule is COC(=O)[C@@H](C)NC(=O)CC[C@@H](C)[C@H]1CC[C@H]2[C@@H]3[C@H](O)C[C@@H]4C[C@H](O)CC[C@]4(C)[C@H]3C[C@H](O)[C@]12C. The smallest absolute Gasteiger partial charge is 0.328 e. The van der Waals surface area contributed by atoms with Crippen molar-refractivity contribution in [1.29, 1.82) is 0 Å². The Morgan fingerprint density at radius 1 is 1.03 bits per heavy atom. The Hall–Kier alpha value is -1.18. The number of fused-ring (bicyclic) bond motifs is 5. The highest BCUT2D eigenvalue weighted by Crippen LogP contribution is 2.68. The molecule has 0 aromatic heterocycles. The first-order chi connectivity index (χ1) is 16.4. The van der Waals surface area contributed by atoms with Crippen LogP contribution in [0.1, 0.15) is 85.5 Å². The van der Waals surface area contributed by atoms with E-state index in [4.69, 9.17) is 0 Å². The zero-order chi connectivity index (χ0) is 25.7. The monoisotopic (exact) mass is 493 g/mol. The van der Waals surface area contributed by atoms with Crippen LogP contribution in [0.25, 0.3) is 0 Å². The Balaban J connectivity index is 1.46. The number of rotatable bonds is 6. The second kappa shape index (κ2) is 9.94. The largest absolute Gasteiger partial charge is 0.467 e. The molecule has 0 bridgehead atoms. The molecular weight excluding hydrogens is 446 g/mol. The van der Waals surface area contributed by atoms with Crippen LogP contribution in [-0.2, 0) is 14.3 Å². The van der Waals surface area contributed by atoms with E-state index >= 15 is 0 Å². The summed E-state index contributed by atoms with van der Waals surface area (Å²) in [6.07, 6.45) is 6.04. The van der Waals surface area contributed by atoms with Crippen LogP contribution in [0.3, 0.4) is 0 Å². The fraction of sp³-hybridized carbons (Fsp3) is 0.929. The summed E-state index contributed by atoms with van der Waals surface area (Å²) in [6, 6.07) is -0.660. The highest BCUT2D eigenvalue weighted by atomic mass is 16.5. The first-order valence-electron chi connectivity index (χ1n) is 13.8. The van der Waals surface area contributed by atoms with Crippen molar-refractivity contribution in [3.05, 3.63) is 0 Å². The molecule has 0 aliphatic heterocycles. The number of carbonyl (C=O) groups is 2. The van der Waals surface area contributed by atoms with Gasteiger partial charge in [0.2, 0.25) is 5.91 Å². The molecule has 0 unspecified atom stereocenters. The van der Waals surface area contributed by atoms with Gasteiger partial charge >= 0.3 is 5.97 Å². The van der Waals surface area contributed by atoms with Gasteiger partial charge in [-0.3, -0.25) is 4.79 Å². The predicted molar refractivity (Wildman–Crippen MR) is 132 cm³/mol. The van der Waals surface area contributed by atoms with Gasteiger partial charge in [0.05, 0.1) is 25.4 Å². The van der Waals surface area contributed by atoms with E-state index in [0.29, 0.717) is 24.7 Å². The Bertz CT molecular complexity index is 804. The van der Waals surface area contributed by atoms with E-state index in [1.165, 1.54) is 7.11 Å². The van der Waals surface area contributed by atoms with Crippen molar-refractivity contribution in [3.63, 3.8) is 0 Å². The van der Waals surface area contributed by atoms with Gasteiger partial charge in [0, 0.05) is 6.42 Å². The van der Waals surface area contributed by atoms with Crippen LogP contribution >= 0.6 is 0 Å². The molecule has 4 aliphatic carbocycles. The molecular formula is C28H47NO6. The number of esters is 1. The second-order valence-corrected chi connectivity index (χ2v) is 12.9. The lowest BCUT2D eigenvalue weighted by molar-refractivity contribution is -0.207. The van der Waals surface area contributed by atoms with E-state index in [-0.39, 0.29) is 52.6 Å². The molecule has 0 aromatic carbocycles. The third kappa shape index (κ3) is 4.54. The minimum atomic E-state index is -0.660. The molecule has 4 N–H and O–H groups in total. The average molecular weight is 494 g/mol. The summed E-state index contributed by atoms with van der Waals surface area (Å²) in [5.41, 5.74) is -0.196. The number of amides is 1. The standard InChI is InChI=1S/C28H47NO6/c1-15(6-9-24(33)29-16(2)26(34)35-5)19-7-8-20-25-21(14-23(32)28(19,20)4)27(3)11-10-18(30)12-17(27)13-22(25)31/h15-23,25,30-32H,6-14H2,1-5H3,(H,29,33)/t15-,16-,17+,18-,19-,20+,21+,22-,23+,25+,27+,28-/m1/s1. The van der Waals surface area contributed by atoms with Crippen LogP contribution < -0.4 is 5.32 Å². The quantitative estimate of drug-likeness (QED) is 0.423. The van der Waals surface area contributed by atoms with Gasteiger partial charge in [-0.05, 0) is 105 Å². The van der Waals surface area contributed by atoms with Crippen LogP contribution in [0.15, 0.2) is 0 Å². The van der Waals surface area contributed by atoms with E-state index in [0.717, 1.165) is 44.9 Å². The molecule has 12 atom stereocenters. The van der Waals surface area contributed by atoms with Crippen molar-refractivity contribution < 1.29 is 29.6 Å². The van der Waals surface area contributed by atoms with Gasteiger partial charge in [-0.1, -0.05) is 20.8 Å². The summed E-state index contributed by atoms with van der Waals surface area (Å²) < 4.78 is 4.69. The number of hydrogen-bond donors (Lipinski definition) is 4. The number of nitrogens with one attached hydrogen (secondary N) is 1. The predicted octanol–water partition coefficient (Wildman–Crippen LogP) is 3.04. The van der Waals surface area contributed by atoms with Gasteiger partial charge in [0.15, 0.2) is 0 Å². The number of hydrogen-bond acceptors (Lipinski definition) is 6. The van der Waals surface area contributed by atoms with Crippen LogP contribution in [0.5, 0.6) is 0 Å². The molecule has 4 rings (SSSR count). The second-order valence-electron chi connectivity index (χ2n) is 12.9. The van der Waals surface area contributed by atoms with Gasteiger partial charge in [0.1, 0.15) is 6.04 Å². The van der Waals surface area contributed by atoms with Crippen LogP contribution in [-0.4, -0.2) is 58.7 Å². The van der Waals surface area contributed by atoms with Crippen molar-refractivity contribution in [2.75, 3.05) is 7.11 Å². The molecule has 7 heteroatoms. The maximum Gasteiger partial charge on any atom is 0.328 e. The summed E-state index contributed by atoms with van der Waals surface area (Å²) in [6.45, 7) is 8.40. The third-order valence-corrected chi connectivity index (χ3v) is 11.3. The molecule has 35 heavy (non-hydrogen) atoms. The summed E-state index contributed by atoms with van der Waals surface area (Å²) in [4.78, 5) is 24.0. The molecule has 4 saturated carbocycles. The number of aliphatic hydroxyl groups is 3. The van der Waals surface area contributed by atoms with Gasteiger partial charge < -0.3 is 25.4 Å². The Kier molecular flexibility index (Phi) is 7.63. The first kappa shape index (κ1) is 26.9. The van der Waals surface area contributed by atoms with Crippen molar-refractivity contribution >= 4 is 11.9 Å². The average Bonchev–Trinajstić information content (AvgIpc) is 3.17. The Labute approximate surface area is 210 Å². The molecule has 7 nitrogen and oxygen atoms in total.